The van der Waals surface area contributed by atoms with Gasteiger partial charge in [-0.2, -0.15) is 5.10 Å². The Morgan fingerprint density at radius 1 is 1.35 bits per heavy atom. The second kappa shape index (κ2) is 7.69. The van der Waals surface area contributed by atoms with E-state index in [0.717, 1.165) is 0 Å². The van der Waals surface area contributed by atoms with Crippen molar-refractivity contribution in [1.82, 2.24) is 5.43 Å². The molecule has 0 fully saturated rings. The highest BCUT2D eigenvalue weighted by molar-refractivity contribution is 5.93. The van der Waals surface area contributed by atoms with Gasteiger partial charge in [-0.25, -0.2) is 5.43 Å². The number of hydrogen-bond donors (Lipinski definition) is 2. The summed E-state index contributed by atoms with van der Waals surface area (Å²) in [6, 6.07) is 6.45. The lowest BCUT2D eigenvalue weighted by Crippen LogP contribution is -2.14. The van der Waals surface area contributed by atoms with E-state index in [4.69, 9.17) is 13.9 Å². The third-order valence-electron chi connectivity index (χ3n) is 2.86. The van der Waals surface area contributed by atoms with Gasteiger partial charge in [0.05, 0.1) is 32.3 Å². The molecule has 0 aliphatic rings. The van der Waals surface area contributed by atoms with Crippen LogP contribution in [0.15, 0.2) is 46.1 Å². The minimum Gasteiger partial charge on any atom is -0.507 e. The number of rotatable bonds is 6. The van der Waals surface area contributed by atoms with Crippen LogP contribution in [0.4, 0.5) is 0 Å². The number of phenolic OH excluding ortho intramolecular Hbond substituents is 1. The molecule has 0 spiro atoms. The molecule has 7 heteroatoms. The first-order valence-electron chi connectivity index (χ1n) is 6.63. The Hall–Kier alpha value is -3.22. The van der Waals surface area contributed by atoms with Crippen molar-refractivity contribution in [2.24, 2.45) is 5.10 Å². The van der Waals surface area contributed by atoms with Crippen LogP contribution in [0.5, 0.6) is 17.2 Å². The van der Waals surface area contributed by atoms with Gasteiger partial charge in [-0.3, -0.25) is 4.79 Å². The monoisotopic (exact) mass is 316 g/mol. The molecule has 0 unspecified atom stereocenters. The number of carbonyl (C=O) groups is 1. The van der Waals surface area contributed by atoms with Crippen LogP contribution in [0.25, 0.3) is 6.08 Å². The number of hydrogen-bond acceptors (Lipinski definition) is 6. The zero-order chi connectivity index (χ0) is 16.7. The Morgan fingerprint density at radius 3 is 2.83 bits per heavy atom. The second-order valence-electron chi connectivity index (χ2n) is 4.35. The van der Waals surface area contributed by atoms with Crippen molar-refractivity contribution in [3.8, 4) is 17.2 Å². The number of benzene rings is 1. The Kier molecular flexibility index (Phi) is 5.40. The number of ether oxygens (including phenoxy) is 2. The summed E-state index contributed by atoms with van der Waals surface area (Å²) in [5.74, 6) is 0.849. The fourth-order valence-electron chi connectivity index (χ4n) is 1.75. The Labute approximate surface area is 132 Å². The molecular formula is C16H16N2O5. The molecule has 1 heterocycles. The number of furan rings is 1. The fourth-order valence-corrected chi connectivity index (χ4v) is 1.75. The lowest BCUT2D eigenvalue weighted by molar-refractivity contribution is -0.116. The summed E-state index contributed by atoms with van der Waals surface area (Å²) in [6.07, 6.45) is 5.58. The van der Waals surface area contributed by atoms with Crippen LogP contribution in [-0.2, 0) is 4.79 Å². The van der Waals surface area contributed by atoms with Gasteiger partial charge < -0.3 is 19.0 Å². The van der Waals surface area contributed by atoms with Crippen molar-refractivity contribution < 1.29 is 23.8 Å². The molecule has 0 bridgehead atoms. The highest BCUT2D eigenvalue weighted by Crippen LogP contribution is 2.31. The van der Waals surface area contributed by atoms with Crippen molar-refractivity contribution in [3.05, 3.63) is 47.9 Å². The SMILES string of the molecule is COc1cc(O)c(/C=N/NC(=O)/C=C/c2ccco2)c(OC)c1. The average Bonchev–Trinajstić information content (AvgIpc) is 3.07. The minimum absolute atomic E-state index is 0.0784. The summed E-state index contributed by atoms with van der Waals surface area (Å²) < 4.78 is 15.2. The van der Waals surface area contributed by atoms with E-state index < -0.39 is 5.91 Å². The summed E-state index contributed by atoms with van der Waals surface area (Å²) in [5, 5.41) is 13.7. The van der Waals surface area contributed by atoms with Gasteiger partial charge in [-0.1, -0.05) is 0 Å². The molecule has 0 aliphatic heterocycles. The van der Waals surface area contributed by atoms with Gasteiger partial charge in [-0.15, -0.1) is 0 Å². The van der Waals surface area contributed by atoms with Crippen molar-refractivity contribution in [3.63, 3.8) is 0 Å². The summed E-state index contributed by atoms with van der Waals surface area (Å²) in [5.41, 5.74) is 2.63. The van der Waals surface area contributed by atoms with Crippen molar-refractivity contribution >= 4 is 18.2 Å². The average molecular weight is 316 g/mol. The molecule has 1 aromatic heterocycles. The molecule has 120 valence electrons. The lowest BCUT2D eigenvalue weighted by atomic mass is 10.2. The third-order valence-corrected chi connectivity index (χ3v) is 2.86. The largest absolute Gasteiger partial charge is 0.507 e. The maximum Gasteiger partial charge on any atom is 0.264 e. The van der Waals surface area contributed by atoms with Gasteiger partial charge in [0.25, 0.3) is 5.91 Å². The van der Waals surface area contributed by atoms with Crippen LogP contribution in [-0.4, -0.2) is 31.4 Å². The molecular weight excluding hydrogens is 300 g/mol. The highest BCUT2D eigenvalue weighted by atomic mass is 16.5. The zero-order valence-corrected chi connectivity index (χ0v) is 12.6. The van der Waals surface area contributed by atoms with E-state index >= 15 is 0 Å². The van der Waals surface area contributed by atoms with Crippen LogP contribution in [0, 0.1) is 0 Å². The van der Waals surface area contributed by atoms with Crippen LogP contribution < -0.4 is 14.9 Å². The number of nitrogens with one attached hydrogen (secondary N) is 1. The van der Waals surface area contributed by atoms with E-state index in [-0.39, 0.29) is 5.75 Å². The summed E-state index contributed by atoms with van der Waals surface area (Å²) in [4.78, 5) is 11.6. The van der Waals surface area contributed by atoms with E-state index in [9.17, 15) is 9.90 Å². The normalized spacial score (nSPS) is 11.0. The van der Waals surface area contributed by atoms with Gasteiger partial charge >= 0.3 is 0 Å². The number of nitrogens with zero attached hydrogens (tertiary/aromatic N) is 1. The quantitative estimate of drug-likeness (QED) is 0.484. The van der Waals surface area contributed by atoms with Crippen LogP contribution >= 0.6 is 0 Å². The predicted octanol–water partition coefficient (Wildman–Crippen LogP) is 2.17. The molecule has 1 aromatic carbocycles. The van der Waals surface area contributed by atoms with Crippen molar-refractivity contribution in [2.75, 3.05) is 14.2 Å². The molecule has 2 aromatic rings. The van der Waals surface area contributed by atoms with Gasteiger partial charge in [0.2, 0.25) is 0 Å². The zero-order valence-electron chi connectivity index (χ0n) is 12.6. The molecule has 0 atom stereocenters. The fraction of sp³-hybridized carbons (Fsp3) is 0.125. The number of amides is 1. The Balaban J connectivity index is 2.04. The van der Waals surface area contributed by atoms with Gasteiger partial charge in [0.1, 0.15) is 23.0 Å². The lowest BCUT2D eigenvalue weighted by Gasteiger charge is -2.09. The number of carbonyl (C=O) groups excluding carboxylic acids is 1. The molecule has 0 saturated carbocycles. The van der Waals surface area contributed by atoms with Crippen LogP contribution in [0.2, 0.25) is 0 Å². The highest BCUT2D eigenvalue weighted by Gasteiger charge is 2.09. The third kappa shape index (κ3) is 4.37. The number of methoxy groups -OCH3 is 2. The smallest absolute Gasteiger partial charge is 0.264 e. The molecule has 23 heavy (non-hydrogen) atoms. The van der Waals surface area contributed by atoms with Gasteiger partial charge in [-0.05, 0) is 18.2 Å². The first-order chi connectivity index (χ1) is 11.1. The molecule has 0 aliphatic carbocycles. The van der Waals surface area contributed by atoms with Crippen molar-refractivity contribution in [2.45, 2.75) is 0 Å². The molecule has 2 rings (SSSR count). The first-order valence-corrected chi connectivity index (χ1v) is 6.63. The van der Waals surface area contributed by atoms with Crippen LogP contribution in [0.3, 0.4) is 0 Å². The molecule has 2 N–H and O–H groups in total. The van der Waals surface area contributed by atoms with E-state index in [1.807, 2.05) is 0 Å². The van der Waals surface area contributed by atoms with Crippen molar-refractivity contribution in [1.29, 1.82) is 0 Å². The van der Waals surface area contributed by atoms with Gasteiger partial charge in [0.15, 0.2) is 0 Å². The van der Waals surface area contributed by atoms with Gasteiger partial charge in [0, 0.05) is 18.2 Å². The van der Waals surface area contributed by atoms with E-state index in [1.165, 1.54) is 44.9 Å². The second-order valence-corrected chi connectivity index (χ2v) is 4.35. The Bertz CT molecular complexity index is 720. The molecule has 0 radical (unpaired) electrons. The first kappa shape index (κ1) is 16.2. The molecule has 0 saturated heterocycles. The maximum atomic E-state index is 11.6. The van der Waals surface area contributed by atoms with E-state index in [0.29, 0.717) is 22.8 Å². The number of phenols is 1. The Morgan fingerprint density at radius 2 is 2.17 bits per heavy atom. The summed E-state index contributed by atoms with van der Waals surface area (Å²) in [7, 11) is 2.93. The molecule has 7 nitrogen and oxygen atoms in total. The van der Waals surface area contributed by atoms with E-state index in [2.05, 4.69) is 10.5 Å². The van der Waals surface area contributed by atoms with E-state index in [1.54, 1.807) is 18.2 Å². The standard InChI is InChI=1S/C16H16N2O5/c1-21-12-8-14(19)13(15(9-12)22-2)10-17-18-16(20)6-5-11-4-3-7-23-11/h3-10,19H,1-2H3,(H,18,20)/b6-5+,17-10+. The maximum absolute atomic E-state index is 11.6. The number of hydrazone groups is 1. The summed E-state index contributed by atoms with van der Waals surface area (Å²) >= 11 is 0. The molecule has 1 amide bonds. The topological polar surface area (TPSA) is 93.3 Å². The summed E-state index contributed by atoms with van der Waals surface area (Å²) in [6.45, 7) is 0. The van der Waals surface area contributed by atoms with Crippen LogP contribution in [0.1, 0.15) is 11.3 Å². The predicted molar refractivity (Wildman–Crippen MR) is 84.7 cm³/mol. The number of aromatic hydroxyl groups is 1. The minimum atomic E-state index is -0.440.